The summed E-state index contributed by atoms with van der Waals surface area (Å²) >= 11 is 1.83. The molecular weight excluding hydrogens is 240 g/mol. The van der Waals surface area contributed by atoms with Crippen molar-refractivity contribution in [3.63, 3.8) is 0 Å². The van der Waals surface area contributed by atoms with Crippen molar-refractivity contribution >= 4 is 22.7 Å². The van der Waals surface area contributed by atoms with Crippen LogP contribution in [-0.2, 0) is 0 Å². The largest absolute Gasteiger partial charge is 0.353 e. The average molecular weight is 256 g/mol. The predicted molar refractivity (Wildman–Crippen MR) is 78.1 cm³/mol. The zero-order valence-corrected chi connectivity index (χ0v) is 11.3. The summed E-state index contributed by atoms with van der Waals surface area (Å²) in [5, 5.41) is 2.14. The molecule has 18 heavy (non-hydrogen) atoms. The molecule has 3 rings (SSSR count). The number of pyridine rings is 1. The fraction of sp³-hybridized carbons (Fsp3) is 0.267. The Kier molecular flexibility index (Phi) is 3.15. The highest BCUT2D eigenvalue weighted by Gasteiger charge is 2.14. The second-order valence-electron chi connectivity index (χ2n) is 4.54. The lowest BCUT2D eigenvalue weighted by molar-refractivity contribution is 0.815. The maximum absolute atomic E-state index is 4.58. The lowest BCUT2D eigenvalue weighted by Crippen LogP contribution is -2.28. The number of hydrogen-bond acceptors (Lipinski definition) is 3. The van der Waals surface area contributed by atoms with Crippen LogP contribution in [-0.4, -0.2) is 18.1 Å². The van der Waals surface area contributed by atoms with Crippen LogP contribution < -0.4 is 4.90 Å². The third kappa shape index (κ3) is 2.31. The summed E-state index contributed by atoms with van der Waals surface area (Å²) in [7, 11) is 0. The third-order valence-electron chi connectivity index (χ3n) is 3.24. The molecule has 1 aliphatic rings. The van der Waals surface area contributed by atoms with Crippen LogP contribution >= 0.6 is 11.3 Å². The van der Waals surface area contributed by atoms with Gasteiger partial charge in [-0.2, -0.15) is 0 Å². The molecule has 92 valence electrons. The molecule has 2 nitrogen and oxygen atoms in total. The molecule has 0 N–H and O–H groups in total. The highest BCUT2D eigenvalue weighted by atomic mass is 32.1. The van der Waals surface area contributed by atoms with E-state index in [0.29, 0.717) is 0 Å². The van der Waals surface area contributed by atoms with Gasteiger partial charge in [0.05, 0.1) is 0 Å². The van der Waals surface area contributed by atoms with Gasteiger partial charge in [0, 0.05) is 23.7 Å². The monoisotopic (exact) mass is 256 g/mol. The Labute approximate surface area is 112 Å². The van der Waals surface area contributed by atoms with E-state index in [4.69, 9.17) is 0 Å². The van der Waals surface area contributed by atoms with Crippen LogP contribution in [0, 0.1) is 6.92 Å². The van der Waals surface area contributed by atoms with Gasteiger partial charge >= 0.3 is 0 Å². The molecule has 0 saturated heterocycles. The van der Waals surface area contributed by atoms with Crippen molar-refractivity contribution in [3.05, 3.63) is 52.4 Å². The number of nitrogens with zero attached hydrogens (tertiary/aromatic N) is 2. The molecule has 2 aromatic heterocycles. The quantitative estimate of drug-likeness (QED) is 0.813. The Balaban J connectivity index is 1.77. The zero-order valence-electron chi connectivity index (χ0n) is 10.5. The highest BCUT2D eigenvalue weighted by molar-refractivity contribution is 7.11. The third-order valence-corrected chi connectivity index (χ3v) is 4.19. The van der Waals surface area contributed by atoms with Crippen LogP contribution in [0.25, 0.3) is 5.57 Å². The highest BCUT2D eigenvalue weighted by Crippen LogP contribution is 2.27. The molecule has 0 amide bonds. The summed E-state index contributed by atoms with van der Waals surface area (Å²) < 4.78 is 0. The van der Waals surface area contributed by atoms with E-state index in [9.17, 15) is 0 Å². The van der Waals surface area contributed by atoms with Crippen LogP contribution in [0.2, 0.25) is 0 Å². The van der Waals surface area contributed by atoms with E-state index in [0.717, 1.165) is 31.0 Å². The summed E-state index contributed by atoms with van der Waals surface area (Å²) in [4.78, 5) is 8.33. The number of aryl methyl sites for hydroxylation is 1. The van der Waals surface area contributed by atoms with E-state index < -0.39 is 0 Å². The van der Waals surface area contributed by atoms with E-state index in [2.05, 4.69) is 45.6 Å². The summed E-state index contributed by atoms with van der Waals surface area (Å²) in [5.41, 5.74) is 2.56. The van der Waals surface area contributed by atoms with Crippen LogP contribution in [0.15, 0.2) is 41.8 Å². The lowest BCUT2D eigenvalue weighted by Gasteiger charge is -2.27. The molecule has 0 unspecified atom stereocenters. The molecular formula is C15H16N2S. The SMILES string of the molecule is Cc1cccc(N2CC=C(c3cccs3)CC2)n1. The molecule has 0 bridgehead atoms. The normalized spacial score (nSPS) is 15.6. The van der Waals surface area contributed by atoms with Crippen molar-refractivity contribution < 1.29 is 0 Å². The van der Waals surface area contributed by atoms with Crippen molar-refractivity contribution in [2.24, 2.45) is 0 Å². The minimum absolute atomic E-state index is 0.962. The smallest absolute Gasteiger partial charge is 0.129 e. The number of aromatic nitrogens is 1. The van der Waals surface area contributed by atoms with Crippen LogP contribution in [0.3, 0.4) is 0 Å². The van der Waals surface area contributed by atoms with Gasteiger partial charge in [-0.05, 0) is 42.5 Å². The van der Waals surface area contributed by atoms with Crippen molar-refractivity contribution in [1.82, 2.24) is 4.98 Å². The Morgan fingerprint density at radius 1 is 1.22 bits per heavy atom. The molecule has 0 saturated carbocycles. The van der Waals surface area contributed by atoms with Crippen LogP contribution in [0.4, 0.5) is 5.82 Å². The first-order chi connectivity index (χ1) is 8.83. The van der Waals surface area contributed by atoms with Gasteiger partial charge in [-0.3, -0.25) is 0 Å². The number of hydrogen-bond donors (Lipinski definition) is 0. The van der Waals surface area contributed by atoms with Crippen molar-refractivity contribution in [2.45, 2.75) is 13.3 Å². The van der Waals surface area contributed by atoms with Crippen molar-refractivity contribution in [1.29, 1.82) is 0 Å². The Bertz CT molecular complexity index is 558. The molecule has 0 fully saturated rings. The second-order valence-corrected chi connectivity index (χ2v) is 5.49. The summed E-state index contributed by atoms with van der Waals surface area (Å²) in [6.07, 6.45) is 3.44. The Morgan fingerprint density at radius 2 is 2.17 bits per heavy atom. The first-order valence-corrected chi connectivity index (χ1v) is 7.12. The van der Waals surface area contributed by atoms with Gasteiger partial charge in [-0.1, -0.05) is 18.2 Å². The summed E-state index contributed by atoms with van der Waals surface area (Å²) in [6.45, 7) is 4.06. The average Bonchev–Trinajstić information content (AvgIpc) is 2.93. The molecule has 2 aromatic rings. The van der Waals surface area contributed by atoms with Gasteiger partial charge in [-0.15, -0.1) is 11.3 Å². The minimum atomic E-state index is 0.962. The predicted octanol–water partition coefficient (Wildman–Crippen LogP) is 3.75. The van der Waals surface area contributed by atoms with Gasteiger partial charge in [-0.25, -0.2) is 4.98 Å². The van der Waals surface area contributed by atoms with Crippen molar-refractivity contribution in [2.75, 3.05) is 18.0 Å². The Morgan fingerprint density at radius 3 is 2.83 bits per heavy atom. The number of rotatable bonds is 2. The van der Waals surface area contributed by atoms with E-state index in [1.807, 2.05) is 24.3 Å². The van der Waals surface area contributed by atoms with Gasteiger partial charge in [0.15, 0.2) is 0 Å². The van der Waals surface area contributed by atoms with E-state index in [1.54, 1.807) is 0 Å². The fourth-order valence-corrected chi connectivity index (χ4v) is 3.06. The molecule has 0 aliphatic carbocycles. The number of thiophene rings is 1. The van der Waals surface area contributed by atoms with Crippen LogP contribution in [0.5, 0.6) is 0 Å². The second kappa shape index (κ2) is 4.94. The van der Waals surface area contributed by atoms with E-state index >= 15 is 0 Å². The zero-order chi connectivity index (χ0) is 12.4. The number of anilines is 1. The molecule has 3 heteroatoms. The summed E-state index contributed by atoms with van der Waals surface area (Å²) in [6, 6.07) is 10.5. The molecule has 3 heterocycles. The Hall–Kier alpha value is -1.61. The van der Waals surface area contributed by atoms with Crippen LogP contribution in [0.1, 0.15) is 17.0 Å². The summed E-state index contributed by atoms with van der Waals surface area (Å²) in [5.74, 6) is 1.09. The molecule has 0 atom stereocenters. The molecule has 1 aliphatic heterocycles. The van der Waals surface area contributed by atoms with Crippen molar-refractivity contribution in [3.8, 4) is 0 Å². The first kappa shape index (κ1) is 11.5. The van der Waals surface area contributed by atoms with Gasteiger partial charge in [0.2, 0.25) is 0 Å². The van der Waals surface area contributed by atoms with Gasteiger partial charge in [0.25, 0.3) is 0 Å². The van der Waals surface area contributed by atoms with E-state index in [1.165, 1.54) is 10.5 Å². The molecule has 0 aromatic carbocycles. The first-order valence-electron chi connectivity index (χ1n) is 6.24. The maximum Gasteiger partial charge on any atom is 0.129 e. The van der Waals surface area contributed by atoms with E-state index in [-0.39, 0.29) is 0 Å². The lowest BCUT2D eigenvalue weighted by atomic mass is 10.1. The fourth-order valence-electron chi connectivity index (χ4n) is 2.27. The topological polar surface area (TPSA) is 16.1 Å². The van der Waals surface area contributed by atoms with Gasteiger partial charge < -0.3 is 4.90 Å². The molecule has 0 spiro atoms. The molecule has 0 radical (unpaired) electrons. The minimum Gasteiger partial charge on any atom is -0.353 e. The maximum atomic E-state index is 4.58. The van der Waals surface area contributed by atoms with Gasteiger partial charge in [0.1, 0.15) is 5.82 Å². The standard InChI is InChI=1S/C15H16N2S/c1-12-4-2-6-15(16-12)17-9-7-13(8-10-17)14-5-3-11-18-14/h2-7,11H,8-10H2,1H3.